The van der Waals surface area contributed by atoms with Crippen LogP contribution in [0, 0.1) is 11.3 Å². The van der Waals surface area contributed by atoms with Crippen molar-refractivity contribution >= 4 is 29.9 Å². The zero-order chi connectivity index (χ0) is 13.6. The minimum Gasteiger partial charge on any atom is -0.377 e. The summed E-state index contributed by atoms with van der Waals surface area (Å²) < 4.78 is 6.07. The van der Waals surface area contributed by atoms with Crippen LogP contribution in [-0.4, -0.2) is 49.7 Å². The van der Waals surface area contributed by atoms with E-state index in [1.807, 2.05) is 7.05 Å². The summed E-state index contributed by atoms with van der Waals surface area (Å²) in [6, 6.07) is 0.608. The first-order valence-electron chi connectivity index (χ1n) is 8.45. The van der Waals surface area contributed by atoms with Crippen molar-refractivity contribution in [3.63, 3.8) is 0 Å². The molecule has 0 amide bonds. The van der Waals surface area contributed by atoms with Crippen molar-refractivity contribution in [2.45, 2.75) is 57.1 Å². The molecule has 0 aromatic heterocycles. The first-order valence-corrected chi connectivity index (χ1v) is 8.45. The van der Waals surface area contributed by atoms with E-state index in [0.717, 1.165) is 18.5 Å². The van der Waals surface area contributed by atoms with Gasteiger partial charge in [0.25, 0.3) is 0 Å². The number of halogens is 1. The van der Waals surface area contributed by atoms with Crippen LogP contribution >= 0.6 is 24.0 Å². The standard InChI is InChI=1S/C16H27N3O.HI/c1-17-15(19-9-4-5-10-19)18-13-12-6-11-20-14(12)16(13)7-2-3-8-16;/h12-14H,2-11H2,1H3,(H,17,18);1H. The molecule has 0 aromatic carbocycles. The molecule has 4 rings (SSSR count). The number of guanidine groups is 1. The van der Waals surface area contributed by atoms with Crippen molar-refractivity contribution in [3.8, 4) is 0 Å². The molecule has 120 valence electrons. The topological polar surface area (TPSA) is 36.9 Å². The number of ether oxygens (including phenoxy) is 1. The molecule has 3 atom stereocenters. The lowest BCUT2D eigenvalue weighted by Gasteiger charge is -2.57. The summed E-state index contributed by atoms with van der Waals surface area (Å²) in [6.45, 7) is 3.31. The Kier molecular flexibility index (Phi) is 4.69. The van der Waals surface area contributed by atoms with Crippen LogP contribution in [0.1, 0.15) is 44.9 Å². The minimum atomic E-state index is 0. The molecule has 5 heteroatoms. The first kappa shape index (κ1) is 15.8. The summed E-state index contributed by atoms with van der Waals surface area (Å²) in [5.74, 6) is 1.87. The second-order valence-corrected chi connectivity index (χ2v) is 7.05. The quantitative estimate of drug-likeness (QED) is 0.414. The summed E-state index contributed by atoms with van der Waals surface area (Å²) in [6.07, 6.45) is 9.86. The maximum atomic E-state index is 6.07. The second kappa shape index (κ2) is 6.22. The Morgan fingerprint density at radius 2 is 1.90 bits per heavy atom. The molecule has 1 spiro atoms. The fourth-order valence-corrected chi connectivity index (χ4v) is 5.27. The summed E-state index contributed by atoms with van der Waals surface area (Å²) in [5, 5.41) is 3.85. The zero-order valence-electron chi connectivity index (χ0n) is 13.0. The molecule has 2 heterocycles. The Balaban J connectivity index is 0.00000132. The van der Waals surface area contributed by atoms with Crippen molar-refractivity contribution in [2.75, 3.05) is 26.7 Å². The molecule has 1 N–H and O–H groups in total. The van der Waals surface area contributed by atoms with Crippen molar-refractivity contribution in [2.24, 2.45) is 16.3 Å². The smallest absolute Gasteiger partial charge is 0.193 e. The molecule has 4 nitrogen and oxygen atoms in total. The number of hydrogen-bond acceptors (Lipinski definition) is 2. The molecule has 3 unspecified atom stereocenters. The Hall–Kier alpha value is -0.0400. The van der Waals surface area contributed by atoms with Gasteiger partial charge < -0.3 is 15.0 Å². The van der Waals surface area contributed by atoms with Gasteiger partial charge in [0.15, 0.2) is 5.96 Å². The molecule has 4 aliphatic rings. The van der Waals surface area contributed by atoms with Gasteiger partial charge in [-0.3, -0.25) is 4.99 Å². The number of nitrogens with zero attached hydrogens (tertiary/aromatic N) is 2. The number of fused-ring (bicyclic) bond motifs is 2. The molecular weight excluding hydrogens is 377 g/mol. The lowest BCUT2D eigenvalue weighted by molar-refractivity contribution is -0.125. The number of likely N-dealkylation sites (tertiary alicyclic amines) is 1. The zero-order valence-corrected chi connectivity index (χ0v) is 15.3. The van der Waals surface area contributed by atoms with Crippen LogP contribution in [0.2, 0.25) is 0 Å². The summed E-state index contributed by atoms with van der Waals surface area (Å²) in [5.41, 5.74) is 0.427. The van der Waals surface area contributed by atoms with Gasteiger partial charge in [-0.25, -0.2) is 0 Å². The largest absolute Gasteiger partial charge is 0.377 e. The predicted molar refractivity (Wildman–Crippen MR) is 95.3 cm³/mol. The predicted octanol–water partition coefficient (Wildman–Crippen LogP) is 2.62. The van der Waals surface area contributed by atoms with E-state index in [2.05, 4.69) is 15.2 Å². The van der Waals surface area contributed by atoms with Crippen LogP contribution in [0.4, 0.5) is 0 Å². The van der Waals surface area contributed by atoms with Gasteiger partial charge in [0.2, 0.25) is 0 Å². The molecule has 0 aromatic rings. The highest BCUT2D eigenvalue weighted by Crippen LogP contribution is 2.60. The van der Waals surface area contributed by atoms with Crippen LogP contribution < -0.4 is 5.32 Å². The molecule has 0 radical (unpaired) electrons. The van der Waals surface area contributed by atoms with Crippen molar-refractivity contribution in [1.82, 2.24) is 10.2 Å². The monoisotopic (exact) mass is 405 g/mol. The number of hydrogen-bond donors (Lipinski definition) is 1. The van der Waals surface area contributed by atoms with Gasteiger partial charge in [-0.15, -0.1) is 24.0 Å². The maximum absolute atomic E-state index is 6.07. The van der Waals surface area contributed by atoms with E-state index in [-0.39, 0.29) is 24.0 Å². The molecule has 4 fully saturated rings. The maximum Gasteiger partial charge on any atom is 0.193 e. The molecule has 2 saturated carbocycles. The molecule has 0 bridgehead atoms. The Labute approximate surface area is 145 Å². The minimum absolute atomic E-state index is 0. The number of rotatable bonds is 1. The Morgan fingerprint density at radius 1 is 1.19 bits per heavy atom. The van der Waals surface area contributed by atoms with Crippen LogP contribution in [-0.2, 0) is 4.74 Å². The lowest BCUT2D eigenvalue weighted by Crippen LogP contribution is -2.69. The first-order chi connectivity index (χ1) is 9.85. The molecule has 21 heavy (non-hydrogen) atoms. The van der Waals surface area contributed by atoms with E-state index in [4.69, 9.17) is 4.74 Å². The van der Waals surface area contributed by atoms with Crippen molar-refractivity contribution < 1.29 is 4.74 Å². The Morgan fingerprint density at radius 3 is 2.57 bits per heavy atom. The third-order valence-corrected chi connectivity index (χ3v) is 6.19. The molecule has 2 saturated heterocycles. The van der Waals surface area contributed by atoms with E-state index >= 15 is 0 Å². The van der Waals surface area contributed by atoms with Gasteiger partial charge in [0, 0.05) is 44.1 Å². The highest BCUT2D eigenvalue weighted by Gasteiger charge is 2.65. The summed E-state index contributed by atoms with van der Waals surface area (Å²) in [7, 11) is 1.93. The summed E-state index contributed by atoms with van der Waals surface area (Å²) in [4.78, 5) is 6.99. The summed E-state index contributed by atoms with van der Waals surface area (Å²) >= 11 is 0. The van der Waals surface area contributed by atoms with Gasteiger partial charge >= 0.3 is 0 Å². The SMILES string of the molecule is CN=C(NC1C2CCOC2C12CCCC2)N1CCCC1.I. The van der Waals surface area contributed by atoms with Crippen LogP contribution in [0.3, 0.4) is 0 Å². The normalized spacial score (nSPS) is 37.3. The highest BCUT2D eigenvalue weighted by molar-refractivity contribution is 14.0. The van der Waals surface area contributed by atoms with Crippen LogP contribution in [0.5, 0.6) is 0 Å². The van der Waals surface area contributed by atoms with E-state index in [1.165, 1.54) is 58.0 Å². The van der Waals surface area contributed by atoms with Gasteiger partial charge in [-0.1, -0.05) is 12.8 Å². The molecular formula is C16H28IN3O. The van der Waals surface area contributed by atoms with Crippen LogP contribution in [0.25, 0.3) is 0 Å². The fraction of sp³-hybridized carbons (Fsp3) is 0.938. The lowest BCUT2D eigenvalue weighted by atomic mass is 9.54. The third-order valence-electron chi connectivity index (χ3n) is 6.19. The van der Waals surface area contributed by atoms with Crippen molar-refractivity contribution in [1.29, 1.82) is 0 Å². The van der Waals surface area contributed by atoms with Gasteiger partial charge in [0.1, 0.15) is 0 Å². The van der Waals surface area contributed by atoms with Gasteiger partial charge in [-0.05, 0) is 32.1 Å². The van der Waals surface area contributed by atoms with Crippen molar-refractivity contribution in [3.05, 3.63) is 0 Å². The van der Waals surface area contributed by atoms with E-state index < -0.39 is 0 Å². The Bertz CT molecular complexity index is 402. The second-order valence-electron chi connectivity index (χ2n) is 7.05. The van der Waals surface area contributed by atoms with E-state index in [9.17, 15) is 0 Å². The van der Waals surface area contributed by atoms with Gasteiger partial charge in [0.05, 0.1) is 6.10 Å². The molecule has 2 aliphatic heterocycles. The average Bonchev–Trinajstić information content (AvgIpc) is 3.20. The van der Waals surface area contributed by atoms with Crippen LogP contribution in [0.15, 0.2) is 4.99 Å². The average molecular weight is 405 g/mol. The van der Waals surface area contributed by atoms with E-state index in [1.54, 1.807) is 0 Å². The fourth-order valence-electron chi connectivity index (χ4n) is 5.27. The highest BCUT2D eigenvalue weighted by atomic mass is 127. The molecule has 2 aliphatic carbocycles. The third kappa shape index (κ3) is 2.38. The van der Waals surface area contributed by atoms with Gasteiger partial charge in [-0.2, -0.15) is 0 Å². The number of nitrogens with one attached hydrogen (secondary N) is 1. The van der Waals surface area contributed by atoms with E-state index in [0.29, 0.717) is 17.6 Å². The number of aliphatic imine (C=N–C) groups is 1.